The van der Waals surface area contributed by atoms with Crippen molar-refractivity contribution in [2.45, 2.75) is 168 Å². The summed E-state index contributed by atoms with van der Waals surface area (Å²) >= 11 is 0. The van der Waals surface area contributed by atoms with Crippen molar-refractivity contribution in [2.24, 2.45) is 0 Å². The second-order valence-corrected chi connectivity index (χ2v) is 13.0. The van der Waals surface area contributed by atoms with Crippen LogP contribution in [0.3, 0.4) is 0 Å². The summed E-state index contributed by atoms with van der Waals surface area (Å²) in [6.45, 7) is 47.0. The number of rotatable bonds is 9. The molecule has 1 aromatic heterocycles. The maximum absolute atomic E-state index is 5.89. The van der Waals surface area contributed by atoms with Crippen molar-refractivity contribution >= 4 is 17.5 Å². The highest BCUT2D eigenvalue weighted by atomic mass is 16.5. The van der Waals surface area contributed by atoms with Crippen molar-refractivity contribution < 1.29 is 4.74 Å². The summed E-state index contributed by atoms with van der Waals surface area (Å²) in [5.74, 6) is 1.44. The van der Waals surface area contributed by atoms with E-state index in [9.17, 15) is 0 Å². The summed E-state index contributed by atoms with van der Waals surface area (Å²) in [7, 11) is 0. The smallest absolute Gasteiger partial charge is 0.180 e. The summed E-state index contributed by atoms with van der Waals surface area (Å²) in [4.78, 5) is 4.84. The Morgan fingerprint density at radius 1 is 0.808 bits per heavy atom. The van der Waals surface area contributed by atoms with Crippen LogP contribution in [0.15, 0.2) is 73.6 Å². The second-order valence-electron chi connectivity index (χ2n) is 13.0. The molecule has 0 radical (unpaired) electrons. The van der Waals surface area contributed by atoms with Crippen LogP contribution < -0.4 is 10.6 Å². The number of aromatic nitrogens is 1. The van der Waals surface area contributed by atoms with Gasteiger partial charge in [-0.2, -0.15) is 0 Å². The van der Waals surface area contributed by atoms with Gasteiger partial charge in [-0.15, -0.1) is 0 Å². The van der Waals surface area contributed by atoms with Crippen LogP contribution in [0.4, 0.5) is 5.82 Å². The van der Waals surface area contributed by atoms with Gasteiger partial charge >= 0.3 is 0 Å². The van der Waals surface area contributed by atoms with Gasteiger partial charge < -0.3 is 15.4 Å². The number of allylic oxidation sites excluding steroid dienone is 2. The van der Waals surface area contributed by atoms with Crippen LogP contribution in [-0.2, 0) is 11.2 Å². The molecule has 0 fully saturated rings. The molecule has 1 aliphatic carbocycles. The number of anilines is 1. The molecule has 2 atom stereocenters. The third-order valence-corrected chi connectivity index (χ3v) is 7.35. The van der Waals surface area contributed by atoms with E-state index in [0.717, 1.165) is 34.6 Å². The van der Waals surface area contributed by atoms with Gasteiger partial charge in [0.2, 0.25) is 0 Å². The first-order valence-electron chi connectivity index (χ1n) is 20.0. The van der Waals surface area contributed by atoms with Crippen LogP contribution in [0.1, 0.15) is 167 Å². The molecule has 4 heteroatoms. The van der Waals surface area contributed by atoms with Crippen LogP contribution in [-0.4, -0.2) is 16.6 Å². The van der Waals surface area contributed by atoms with E-state index in [1.807, 2.05) is 90.0 Å². The van der Waals surface area contributed by atoms with E-state index in [2.05, 4.69) is 126 Å². The standard InChI is InChI=1S/C26H37N3O.C10H10.C4H10.4C2H6/c1-16(2)23-15-18(4)25(28-19(23)5)29-24(22-13-11-17(3)12-14-22)20(6)27-21(7)30-26(8,9)10;1-8-5-6-9-3-2-4-10(9)7-8;1-3-4-2;4*1-2/h11-15,20,24,27H,1,7H2,2-6,8-10H3,(H,28,29);2,4-7H,3H2,1H3;3-4H2,1-2H3;4*1-2H3/t20-,24?;;;;;;/m0....../s1. The van der Waals surface area contributed by atoms with E-state index in [4.69, 9.17) is 9.72 Å². The van der Waals surface area contributed by atoms with E-state index in [-0.39, 0.29) is 17.7 Å². The van der Waals surface area contributed by atoms with Gasteiger partial charge in [-0.05, 0) is 115 Å². The lowest BCUT2D eigenvalue weighted by Gasteiger charge is -2.31. The van der Waals surface area contributed by atoms with E-state index < -0.39 is 0 Å². The Morgan fingerprint density at radius 3 is 1.81 bits per heavy atom. The Labute approximate surface area is 323 Å². The third-order valence-electron chi connectivity index (χ3n) is 7.35. The highest BCUT2D eigenvalue weighted by Gasteiger charge is 2.23. The predicted octanol–water partition coefficient (Wildman–Crippen LogP) is 14.9. The number of hydrogen-bond donors (Lipinski definition) is 2. The average Bonchev–Trinajstić information content (AvgIpc) is 3.59. The zero-order valence-electron chi connectivity index (χ0n) is 37.3. The molecule has 52 heavy (non-hydrogen) atoms. The Morgan fingerprint density at radius 2 is 1.33 bits per heavy atom. The average molecular weight is 716 g/mol. The summed E-state index contributed by atoms with van der Waals surface area (Å²) in [5, 5.41) is 7.07. The first-order chi connectivity index (χ1) is 24.6. The summed E-state index contributed by atoms with van der Waals surface area (Å²) in [6, 6.07) is 17.3. The van der Waals surface area contributed by atoms with Crippen LogP contribution in [0.2, 0.25) is 0 Å². The molecule has 0 saturated heterocycles. The fourth-order valence-corrected chi connectivity index (χ4v) is 4.81. The minimum absolute atomic E-state index is 0.0184. The highest BCUT2D eigenvalue weighted by molar-refractivity contribution is 5.66. The van der Waals surface area contributed by atoms with E-state index in [1.54, 1.807) is 0 Å². The van der Waals surface area contributed by atoms with Crippen molar-refractivity contribution in [3.8, 4) is 0 Å². The van der Waals surface area contributed by atoms with Gasteiger partial charge in [-0.25, -0.2) is 4.98 Å². The van der Waals surface area contributed by atoms with Gasteiger partial charge in [0.25, 0.3) is 0 Å². The number of fused-ring (bicyclic) bond motifs is 1. The Bertz CT molecular complexity index is 1410. The van der Waals surface area contributed by atoms with Gasteiger partial charge in [-0.3, -0.25) is 0 Å². The zero-order valence-corrected chi connectivity index (χ0v) is 37.3. The van der Waals surface area contributed by atoms with Gasteiger partial charge in [0.05, 0.1) is 12.1 Å². The van der Waals surface area contributed by atoms with Crippen LogP contribution >= 0.6 is 0 Å². The molecule has 0 spiro atoms. The van der Waals surface area contributed by atoms with Crippen LogP contribution in [0.5, 0.6) is 0 Å². The van der Waals surface area contributed by atoms with Gasteiger partial charge in [0, 0.05) is 5.69 Å². The molecule has 3 aromatic rings. The zero-order chi connectivity index (χ0) is 41.0. The molecule has 0 aliphatic heterocycles. The monoisotopic (exact) mass is 716 g/mol. The molecule has 4 nitrogen and oxygen atoms in total. The van der Waals surface area contributed by atoms with Gasteiger partial charge in [0.1, 0.15) is 11.4 Å². The number of unbranched alkanes of at least 4 members (excludes halogenated alkanes) is 1. The van der Waals surface area contributed by atoms with Gasteiger partial charge in [0.15, 0.2) is 5.88 Å². The highest BCUT2D eigenvalue weighted by Crippen LogP contribution is 2.28. The lowest BCUT2D eigenvalue weighted by molar-refractivity contribution is 0.0383. The summed E-state index contributed by atoms with van der Waals surface area (Å²) in [5.41, 5.74) is 10.5. The topological polar surface area (TPSA) is 46.2 Å². The van der Waals surface area contributed by atoms with E-state index >= 15 is 0 Å². The molecule has 0 bridgehead atoms. The molecule has 0 amide bonds. The molecule has 4 rings (SSSR count). The number of aryl methyl sites for hydroxylation is 4. The maximum Gasteiger partial charge on any atom is 0.180 e. The number of nitrogens with one attached hydrogen (secondary N) is 2. The van der Waals surface area contributed by atoms with E-state index in [0.29, 0.717) is 5.88 Å². The quantitative estimate of drug-likeness (QED) is 0.217. The largest absolute Gasteiger partial charge is 0.474 e. The molecule has 1 unspecified atom stereocenters. The number of benzene rings is 2. The molecule has 294 valence electrons. The minimum Gasteiger partial charge on any atom is -0.474 e. The number of hydrogen-bond acceptors (Lipinski definition) is 4. The molecule has 1 heterocycles. The normalized spacial score (nSPS) is 11.4. The van der Waals surface area contributed by atoms with Crippen LogP contribution in [0.25, 0.3) is 11.6 Å². The molecule has 2 aromatic carbocycles. The Balaban J connectivity index is -0.000000889. The van der Waals surface area contributed by atoms with Crippen LogP contribution in [0, 0.1) is 27.7 Å². The van der Waals surface area contributed by atoms with Crippen molar-refractivity contribution in [2.75, 3.05) is 5.32 Å². The van der Waals surface area contributed by atoms with Crippen molar-refractivity contribution in [1.29, 1.82) is 0 Å². The van der Waals surface area contributed by atoms with Gasteiger partial charge in [-0.1, -0.05) is 154 Å². The lowest BCUT2D eigenvalue weighted by atomic mass is 9.98. The number of pyridine rings is 1. The molecular formula is C48H81N3O. The Hall–Kier alpha value is -3.79. The minimum atomic E-state index is -0.301. The fourth-order valence-electron chi connectivity index (χ4n) is 4.81. The molecule has 0 saturated carbocycles. The lowest BCUT2D eigenvalue weighted by Crippen LogP contribution is -2.38. The summed E-state index contributed by atoms with van der Waals surface area (Å²) in [6.07, 6.45) is 8.17. The number of nitrogens with zero attached hydrogens (tertiary/aromatic N) is 1. The maximum atomic E-state index is 5.89. The molecule has 1 aliphatic rings. The Kier molecular flexibility index (Phi) is 30.1. The predicted molar refractivity (Wildman–Crippen MR) is 238 cm³/mol. The second kappa shape index (κ2) is 29.8. The van der Waals surface area contributed by atoms with Crippen molar-refractivity contribution in [3.05, 3.63) is 118 Å². The number of ether oxygens (including phenoxy) is 1. The first-order valence-corrected chi connectivity index (χ1v) is 20.0. The van der Waals surface area contributed by atoms with Crippen molar-refractivity contribution in [1.82, 2.24) is 10.3 Å². The van der Waals surface area contributed by atoms with E-state index in [1.165, 1.54) is 40.7 Å². The molecular weight excluding hydrogens is 635 g/mol. The third kappa shape index (κ3) is 20.9. The summed E-state index contributed by atoms with van der Waals surface area (Å²) < 4.78 is 5.89. The SMILES string of the molecule is C=C(N[C@@H](C)C(Nc1nc(C)c(C(=C)C)cc1C)c1ccc(C)cc1)OC(C)(C)C.CC.CC.CC.CC.CCCC.Cc1ccc2c(c1)C=CC2. The first kappa shape index (κ1) is 52.6. The van der Waals surface area contributed by atoms with Crippen molar-refractivity contribution in [3.63, 3.8) is 0 Å². The fraction of sp³-hybridized carbons (Fsp3) is 0.521. The molecule has 2 N–H and O–H groups in total.